The van der Waals surface area contributed by atoms with E-state index in [1.807, 2.05) is 0 Å². The molecule has 3 N–H and O–H groups in total. The van der Waals surface area contributed by atoms with Gasteiger partial charge in [0, 0.05) is 5.69 Å². The molecule has 88 valence electrons. The first kappa shape index (κ1) is 11.4. The minimum absolute atomic E-state index is 0.0504. The Morgan fingerprint density at radius 3 is 2.53 bits per heavy atom. The zero-order chi connectivity index (χ0) is 12.4. The quantitative estimate of drug-likeness (QED) is 0.779. The Morgan fingerprint density at radius 1 is 1.06 bits per heavy atom. The maximum Gasteiger partial charge on any atom is 0.148 e. The maximum atomic E-state index is 13.2. The Hall–Kier alpha value is -2.10. The number of nitrogens with one attached hydrogen (secondary N) is 1. The second-order valence-corrected chi connectivity index (χ2v) is 3.79. The van der Waals surface area contributed by atoms with Gasteiger partial charge >= 0.3 is 0 Å². The average molecular weight is 234 g/mol. The Morgan fingerprint density at radius 2 is 1.82 bits per heavy atom. The van der Waals surface area contributed by atoms with Crippen LogP contribution in [0.2, 0.25) is 0 Å². The molecule has 0 aliphatic heterocycles. The van der Waals surface area contributed by atoms with E-state index in [0.29, 0.717) is 16.9 Å². The van der Waals surface area contributed by atoms with Gasteiger partial charge in [0.2, 0.25) is 0 Å². The van der Waals surface area contributed by atoms with Gasteiger partial charge in [-0.2, -0.15) is 0 Å². The van der Waals surface area contributed by atoms with E-state index in [1.54, 1.807) is 31.2 Å². The van der Waals surface area contributed by atoms with E-state index in [2.05, 4.69) is 5.32 Å². The molecule has 0 radical (unpaired) electrons. The summed E-state index contributed by atoms with van der Waals surface area (Å²) in [6.45, 7) is 1.66. The van der Waals surface area contributed by atoms with Crippen LogP contribution in [0.3, 0.4) is 0 Å². The van der Waals surface area contributed by atoms with Crippen molar-refractivity contribution in [1.29, 1.82) is 0 Å². The molecule has 2 rings (SSSR count). The summed E-state index contributed by atoms with van der Waals surface area (Å²) >= 11 is 0. The van der Waals surface area contributed by atoms with Gasteiger partial charge in [0.25, 0.3) is 0 Å². The molecule has 0 aliphatic carbocycles. The summed E-state index contributed by atoms with van der Waals surface area (Å²) < 4.78 is 26.3. The third kappa shape index (κ3) is 2.36. The van der Waals surface area contributed by atoms with Crippen LogP contribution in [-0.2, 0) is 0 Å². The number of hydrogen-bond donors (Lipinski definition) is 2. The van der Waals surface area contributed by atoms with Crippen LogP contribution >= 0.6 is 0 Å². The van der Waals surface area contributed by atoms with Crippen molar-refractivity contribution in [2.75, 3.05) is 11.1 Å². The van der Waals surface area contributed by atoms with Crippen molar-refractivity contribution >= 4 is 17.1 Å². The van der Waals surface area contributed by atoms with Gasteiger partial charge < -0.3 is 11.1 Å². The van der Waals surface area contributed by atoms with Crippen LogP contribution < -0.4 is 11.1 Å². The molecule has 0 saturated heterocycles. The number of anilines is 3. The van der Waals surface area contributed by atoms with Gasteiger partial charge in [0.15, 0.2) is 0 Å². The normalized spacial score (nSPS) is 10.3. The first-order valence-corrected chi connectivity index (χ1v) is 5.15. The van der Waals surface area contributed by atoms with Crippen molar-refractivity contribution in [1.82, 2.24) is 0 Å². The van der Waals surface area contributed by atoms with Crippen molar-refractivity contribution in [3.63, 3.8) is 0 Å². The number of benzene rings is 2. The third-order valence-corrected chi connectivity index (χ3v) is 2.49. The van der Waals surface area contributed by atoms with Gasteiger partial charge in [-0.25, -0.2) is 8.78 Å². The van der Waals surface area contributed by atoms with E-state index in [-0.39, 0.29) is 11.5 Å². The fourth-order valence-corrected chi connectivity index (χ4v) is 1.52. The highest BCUT2D eigenvalue weighted by Gasteiger charge is 2.05. The molecule has 0 amide bonds. The van der Waals surface area contributed by atoms with E-state index in [1.165, 1.54) is 12.1 Å². The maximum absolute atomic E-state index is 13.2. The minimum Gasteiger partial charge on any atom is -0.395 e. The van der Waals surface area contributed by atoms with Gasteiger partial charge in [0.05, 0.1) is 11.4 Å². The van der Waals surface area contributed by atoms with Gasteiger partial charge in [-0.3, -0.25) is 0 Å². The Labute approximate surface area is 98.1 Å². The molecule has 4 heteroatoms. The summed E-state index contributed by atoms with van der Waals surface area (Å²) in [6, 6.07) is 9.08. The third-order valence-electron chi connectivity index (χ3n) is 2.49. The standard InChI is InChI=1S/C13H12F2N2/c1-8-7-9(5-6-10(8)14)17-12-4-2-3-11(15)13(12)16/h2-7,17H,16H2,1H3. The number of nitrogens with two attached hydrogens (primary N) is 1. The Bertz CT molecular complexity index is 553. The van der Waals surface area contributed by atoms with Crippen LogP contribution in [0.1, 0.15) is 5.56 Å². The second-order valence-electron chi connectivity index (χ2n) is 3.79. The van der Waals surface area contributed by atoms with Gasteiger partial charge in [-0.05, 0) is 42.8 Å². The average Bonchev–Trinajstić information content (AvgIpc) is 2.30. The first-order valence-electron chi connectivity index (χ1n) is 5.15. The molecule has 2 nitrogen and oxygen atoms in total. The summed E-state index contributed by atoms with van der Waals surface area (Å²) in [5, 5.41) is 2.95. The van der Waals surface area contributed by atoms with Crippen molar-refractivity contribution in [3.05, 3.63) is 53.6 Å². The summed E-state index contributed by atoms with van der Waals surface area (Å²) in [6.07, 6.45) is 0. The van der Waals surface area contributed by atoms with Crippen LogP contribution in [0.15, 0.2) is 36.4 Å². The molecule has 0 saturated carbocycles. The van der Waals surface area contributed by atoms with Crippen LogP contribution in [0.25, 0.3) is 0 Å². The monoisotopic (exact) mass is 234 g/mol. The zero-order valence-corrected chi connectivity index (χ0v) is 9.30. The number of halogens is 2. The molecule has 0 fully saturated rings. The lowest BCUT2D eigenvalue weighted by molar-refractivity contribution is 0.619. The molecular weight excluding hydrogens is 222 g/mol. The smallest absolute Gasteiger partial charge is 0.148 e. The summed E-state index contributed by atoms with van der Waals surface area (Å²) in [5.41, 5.74) is 7.29. The van der Waals surface area contributed by atoms with E-state index in [4.69, 9.17) is 5.73 Å². The molecule has 0 heterocycles. The summed E-state index contributed by atoms with van der Waals surface area (Å²) in [4.78, 5) is 0. The van der Waals surface area contributed by atoms with Gasteiger partial charge in [0.1, 0.15) is 11.6 Å². The lowest BCUT2D eigenvalue weighted by Crippen LogP contribution is -1.99. The van der Waals surface area contributed by atoms with E-state index >= 15 is 0 Å². The Kier molecular flexibility index (Phi) is 2.95. The summed E-state index contributed by atoms with van der Waals surface area (Å²) in [5.74, 6) is -0.753. The fraction of sp³-hybridized carbons (Fsp3) is 0.0769. The molecule has 0 atom stereocenters. The van der Waals surface area contributed by atoms with Crippen LogP contribution in [0, 0.1) is 18.6 Å². The predicted molar refractivity (Wildman–Crippen MR) is 65.2 cm³/mol. The highest BCUT2D eigenvalue weighted by atomic mass is 19.1. The first-order chi connectivity index (χ1) is 8.08. The highest BCUT2D eigenvalue weighted by molar-refractivity contribution is 5.73. The number of nitrogen functional groups attached to an aromatic ring is 1. The molecular formula is C13H12F2N2. The molecule has 17 heavy (non-hydrogen) atoms. The van der Waals surface area contributed by atoms with Gasteiger partial charge in [-0.15, -0.1) is 0 Å². The number of rotatable bonds is 2. The fourth-order valence-electron chi connectivity index (χ4n) is 1.52. The number of hydrogen-bond acceptors (Lipinski definition) is 2. The summed E-state index contributed by atoms with van der Waals surface area (Å²) in [7, 11) is 0. The largest absolute Gasteiger partial charge is 0.395 e. The minimum atomic E-state index is -0.478. The molecule has 0 bridgehead atoms. The SMILES string of the molecule is Cc1cc(Nc2cccc(F)c2N)ccc1F. The second kappa shape index (κ2) is 4.41. The van der Waals surface area contributed by atoms with E-state index in [0.717, 1.165) is 0 Å². The van der Waals surface area contributed by atoms with Crippen molar-refractivity contribution in [2.45, 2.75) is 6.92 Å². The van der Waals surface area contributed by atoms with Gasteiger partial charge in [-0.1, -0.05) is 6.07 Å². The van der Waals surface area contributed by atoms with Crippen molar-refractivity contribution < 1.29 is 8.78 Å². The lowest BCUT2D eigenvalue weighted by Gasteiger charge is -2.10. The van der Waals surface area contributed by atoms with Crippen LogP contribution in [-0.4, -0.2) is 0 Å². The molecule has 2 aromatic rings. The van der Waals surface area contributed by atoms with E-state index < -0.39 is 5.82 Å². The highest BCUT2D eigenvalue weighted by Crippen LogP contribution is 2.25. The molecule has 0 aromatic heterocycles. The topological polar surface area (TPSA) is 38.0 Å². The zero-order valence-electron chi connectivity index (χ0n) is 9.30. The molecule has 2 aromatic carbocycles. The number of para-hydroxylation sites is 1. The van der Waals surface area contributed by atoms with E-state index in [9.17, 15) is 8.78 Å². The van der Waals surface area contributed by atoms with Crippen molar-refractivity contribution in [2.24, 2.45) is 0 Å². The molecule has 0 unspecified atom stereocenters. The number of aryl methyl sites for hydroxylation is 1. The Balaban J connectivity index is 2.31. The molecule has 0 aliphatic rings. The van der Waals surface area contributed by atoms with Crippen molar-refractivity contribution in [3.8, 4) is 0 Å². The van der Waals surface area contributed by atoms with Crippen LogP contribution in [0.5, 0.6) is 0 Å². The predicted octanol–water partition coefficient (Wildman–Crippen LogP) is 3.60. The molecule has 0 spiro atoms. The lowest BCUT2D eigenvalue weighted by atomic mass is 10.2. The van der Waals surface area contributed by atoms with Crippen LogP contribution in [0.4, 0.5) is 25.8 Å².